The van der Waals surface area contributed by atoms with Crippen molar-refractivity contribution in [2.24, 2.45) is 0 Å². The number of hydrogen-bond donors (Lipinski definition) is 3. The van der Waals surface area contributed by atoms with Crippen molar-refractivity contribution in [1.29, 1.82) is 0 Å². The molecule has 29 heavy (non-hydrogen) atoms. The molecule has 0 saturated carbocycles. The molecule has 0 bridgehead atoms. The van der Waals surface area contributed by atoms with Gasteiger partial charge in [-0.1, -0.05) is 48.5 Å². The summed E-state index contributed by atoms with van der Waals surface area (Å²) < 4.78 is 5.45. The first kappa shape index (κ1) is 20.1. The second kappa shape index (κ2) is 9.54. The first-order valence-electron chi connectivity index (χ1n) is 9.46. The lowest BCUT2D eigenvalue weighted by Gasteiger charge is -2.17. The lowest BCUT2D eigenvalue weighted by atomic mass is 10.1. The minimum atomic E-state index is -1.20. The predicted molar refractivity (Wildman–Crippen MR) is 109 cm³/mol. The highest BCUT2D eigenvalue weighted by Crippen LogP contribution is 2.21. The number of aryl methyl sites for hydroxylation is 1. The van der Waals surface area contributed by atoms with Crippen molar-refractivity contribution in [2.45, 2.75) is 25.9 Å². The van der Waals surface area contributed by atoms with Crippen LogP contribution in [-0.2, 0) is 20.7 Å². The van der Waals surface area contributed by atoms with E-state index in [2.05, 4.69) is 15.6 Å². The predicted octanol–water partition coefficient (Wildman–Crippen LogP) is 3.23. The lowest BCUT2D eigenvalue weighted by molar-refractivity contribution is -0.156. The third-order valence-electron chi connectivity index (χ3n) is 4.44. The molecule has 1 heterocycles. The summed E-state index contributed by atoms with van der Waals surface area (Å²) in [5.41, 5.74) is 2.50. The molecule has 0 spiro atoms. The van der Waals surface area contributed by atoms with Crippen molar-refractivity contribution >= 4 is 28.8 Å². The highest BCUT2D eigenvalue weighted by atomic mass is 16.5. The summed E-state index contributed by atoms with van der Waals surface area (Å²) in [5, 5.41) is 5.74. The number of benzene rings is 2. The number of urea groups is 1. The Balaban J connectivity index is 1.67. The van der Waals surface area contributed by atoms with Gasteiger partial charge in [0.15, 0.2) is 0 Å². The molecule has 7 nitrogen and oxygen atoms in total. The largest absolute Gasteiger partial charge is 0.447 e. The summed E-state index contributed by atoms with van der Waals surface area (Å²) in [6.07, 6.45) is 1.25. The van der Waals surface area contributed by atoms with Gasteiger partial charge in [-0.3, -0.25) is 14.9 Å². The van der Waals surface area contributed by atoms with Crippen molar-refractivity contribution in [3.05, 3.63) is 71.9 Å². The van der Waals surface area contributed by atoms with Gasteiger partial charge in [0.2, 0.25) is 6.10 Å². The van der Waals surface area contributed by atoms with Crippen LogP contribution >= 0.6 is 0 Å². The topological polar surface area (TPSA) is 100 Å². The number of hydrogen-bond acceptors (Lipinski definition) is 4. The second-order valence-corrected chi connectivity index (χ2v) is 6.49. The van der Waals surface area contributed by atoms with Crippen molar-refractivity contribution in [3.8, 4) is 0 Å². The highest BCUT2D eigenvalue weighted by Gasteiger charge is 2.26. The molecule has 0 aliphatic carbocycles. The number of fused-ring (bicyclic) bond motifs is 1. The summed E-state index contributed by atoms with van der Waals surface area (Å²) in [4.78, 5) is 39.8. The van der Waals surface area contributed by atoms with E-state index < -0.39 is 24.0 Å². The highest BCUT2D eigenvalue weighted by molar-refractivity contribution is 5.97. The van der Waals surface area contributed by atoms with Gasteiger partial charge in [-0.2, -0.15) is 0 Å². The fraction of sp³-hybridized carbons (Fsp3) is 0.227. The van der Waals surface area contributed by atoms with Gasteiger partial charge in [0.25, 0.3) is 5.91 Å². The molecule has 3 N–H and O–H groups in total. The number of esters is 1. The number of carbonyl (C=O) groups is 3. The van der Waals surface area contributed by atoms with Crippen LogP contribution in [0.1, 0.15) is 30.6 Å². The number of para-hydroxylation sites is 1. The number of aromatic amines is 1. The van der Waals surface area contributed by atoms with Crippen LogP contribution in [0.3, 0.4) is 0 Å². The minimum Gasteiger partial charge on any atom is -0.447 e. The van der Waals surface area contributed by atoms with Crippen LogP contribution in [0.2, 0.25) is 0 Å². The van der Waals surface area contributed by atoms with Gasteiger partial charge in [-0.25, -0.2) is 4.79 Å². The Labute approximate surface area is 168 Å². The monoisotopic (exact) mass is 393 g/mol. The molecule has 1 aromatic heterocycles. The molecule has 0 saturated heterocycles. The van der Waals surface area contributed by atoms with E-state index >= 15 is 0 Å². The summed E-state index contributed by atoms with van der Waals surface area (Å²) in [7, 11) is 0. The Kier molecular flexibility index (Phi) is 6.63. The molecule has 1 atom stereocenters. The summed E-state index contributed by atoms with van der Waals surface area (Å²) in [6, 6.07) is 15.8. The first-order chi connectivity index (χ1) is 14.1. The number of H-pyrrole nitrogens is 1. The second-order valence-electron chi connectivity index (χ2n) is 6.49. The standard InChI is InChI=1S/C22H23N3O4/c1-2-23-22(28)25-21(27)20(15-8-4-3-5-9-15)29-19(26)13-12-16-14-24-18-11-7-6-10-17(16)18/h3-11,14,20,24H,2,12-13H2,1H3,(H2,23,25,27,28). The molecule has 7 heteroatoms. The average molecular weight is 393 g/mol. The zero-order valence-corrected chi connectivity index (χ0v) is 16.1. The number of imide groups is 1. The number of carbonyl (C=O) groups excluding carboxylic acids is 3. The lowest BCUT2D eigenvalue weighted by Crippen LogP contribution is -2.42. The first-order valence-corrected chi connectivity index (χ1v) is 9.46. The molecule has 0 aliphatic rings. The Morgan fingerprint density at radius 1 is 1.03 bits per heavy atom. The quantitative estimate of drug-likeness (QED) is 0.537. The number of aromatic nitrogens is 1. The van der Waals surface area contributed by atoms with Crippen LogP contribution in [0.5, 0.6) is 0 Å². The van der Waals surface area contributed by atoms with Gasteiger partial charge in [-0.15, -0.1) is 0 Å². The van der Waals surface area contributed by atoms with E-state index in [9.17, 15) is 14.4 Å². The van der Waals surface area contributed by atoms with Gasteiger partial charge in [0.05, 0.1) is 0 Å². The summed E-state index contributed by atoms with van der Waals surface area (Å²) in [5.74, 6) is -1.21. The molecule has 2 aromatic carbocycles. The molecule has 0 aliphatic heterocycles. The smallest absolute Gasteiger partial charge is 0.321 e. The van der Waals surface area contributed by atoms with Gasteiger partial charge in [0, 0.05) is 35.6 Å². The maximum atomic E-state index is 12.5. The fourth-order valence-corrected chi connectivity index (χ4v) is 3.05. The van der Waals surface area contributed by atoms with E-state index in [1.54, 1.807) is 37.3 Å². The molecule has 3 rings (SSSR count). The van der Waals surface area contributed by atoms with Gasteiger partial charge in [-0.05, 0) is 25.0 Å². The summed E-state index contributed by atoms with van der Waals surface area (Å²) in [6.45, 7) is 2.11. The SMILES string of the molecule is CCNC(=O)NC(=O)C(OC(=O)CCc1c[nH]c2ccccc12)c1ccccc1. The van der Waals surface area contributed by atoms with E-state index in [1.165, 1.54) is 0 Å². The molecule has 150 valence electrons. The zero-order chi connectivity index (χ0) is 20.6. The van der Waals surface area contributed by atoms with Gasteiger partial charge >= 0.3 is 12.0 Å². The van der Waals surface area contributed by atoms with E-state index in [-0.39, 0.29) is 6.42 Å². The van der Waals surface area contributed by atoms with E-state index in [4.69, 9.17) is 4.74 Å². The van der Waals surface area contributed by atoms with Crippen molar-refractivity contribution in [2.75, 3.05) is 6.54 Å². The van der Waals surface area contributed by atoms with Gasteiger partial charge < -0.3 is 15.0 Å². The van der Waals surface area contributed by atoms with E-state index in [0.717, 1.165) is 16.5 Å². The number of rotatable bonds is 7. The number of nitrogens with one attached hydrogen (secondary N) is 3. The average Bonchev–Trinajstić information content (AvgIpc) is 3.14. The Morgan fingerprint density at radius 3 is 2.52 bits per heavy atom. The maximum absolute atomic E-state index is 12.5. The Hall–Kier alpha value is -3.61. The number of ether oxygens (including phenoxy) is 1. The van der Waals surface area contributed by atoms with Crippen LogP contribution in [0.4, 0.5) is 4.79 Å². The Bertz CT molecular complexity index is 997. The number of amides is 3. The van der Waals surface area contributed by atoms with Crippen LogP contribution in [-0.4, -0.2) is 29.4 Å². The third kappa shape index (κ3) is 5.22. The van der Waals surface area contributed by atoms with E-state index in [0.29, 0.717) is 18.5 Å². The van der Waals surface area contributed by atoms with Crippen LogP contribution in [0.15, 0.2) is 60.8 Å². The van der Waals surface area contributed by atoms with Crippen molar-refractivity contribution in [3.63, 3.8) is 0 Å². The Morgan fingerprint density at radius 2 is 1.76 bits per heavy atom. The summed E-state index contributed by atoms with van der Waals surface area (Å²) >= 11 is 0. The van der Waals surface area contributed by atoms with E-state index in [1.807, 2.05) is 30.5 Å². The van der Waals surface area contributed by atoms with Crippen molar-refractivity contribution < 1.29 is 19.1 Å². The minimum absolute atomic E-state index is 0.111. The zero-order valence-electron chi connectivity index (χ0n) is 16.1. The molecule has 0 fully saturated rings. The third-order valence-corrected chi connectivity index (χ3v) is 4.44. The van der Waals surface area contributed by atoms with Crippen molar-refractivity contribution in [1.82, 2.24) is 15.6 Å². The van der Waals surface area contributed by atoms with Crippen LogP contribution in [0, 0.1) is 0 Å². The van der Waals surface area contributed by atoms with Crippen LogP contribution in [0.25, 0.3) is 10.9 Å². The maximum Gasteiger partial charge on any atom is 0.321 e. The molecule has 3 aromatic rings. The molecule has 1 unspecified atom stereocenters. The van der Waals surface area contributed by atoms with Gasteiger partial charge in [0.1, 0.15) is 0 Å². The normalized spacial score (nSPS) is 11.6. The molecular formula is C22H23N3O4. The molecular weight excluding hydrogens is 370 g/mol. The molecule has 3 amide bonds. The fourth-order valence-electron chi connectivity index (χ4n) is 3.05. The van der Waals surface area contributed by atoms with Crippen LogP contribution < -0.4 is 10.6 Å². The molecule has 0 radical (unpaired) electrons.